The predicted molar refractivity (Wildman–Crippen MR) is 84.8 cm³/mol. The molecule has 0 radical (unpaired) electrons. The fourth-order valence-electron chi connectivity index (χ4n) is 2.51. The van der Waals surface area contributed by atoms with Crippen molar-refractivity contribution in [2.75, 3.05) is 0 Å². The summed E-state index contributed by atoms with van der Waals surface area (Å²) in [4.78, 5) is 0. The minimum Gasteiger partial charge on any atom is -0.249 e. The van der Waals surface area contributed by atoms with E-state index in [2.05, 4.69) is 11.6 Å². The summed E-state index contributed by atoms with van der Waals surface area (Å²) in [5.41, 5.74) is 0. The van der Waals surface area contributed by atoms with Crippen molar-refractivity contribution in [3.8, 4) is 0 Å². The Kier molecular flexibility index (Phi) is 11.2. The van der Waals surface area contributed by atoms with E-state index in [9.17, 15) is 0 Å². The molecule has 0 aliphatic carbocycles. The Bertz CT molecular complexity index is 168. The van der Waals surface area contributed by atoms with E-state index in [-0.39, 0.29) is 0 Å². The lowest BCUT2D eigenvalue weighted by Crippen LogP contribution is -1.89. The first kappa shape index (κ1) is 16.4. The molecule has 0 aromatic rings. The molecule has 2 heteroatoms. The van der Waals surface area contributed by atoms with E-state index in [1.165, 1.54) is 89.9 Å². The summed E-state index contributed by atoms with van der Waals surface area (Å²) in [6, 6.07) is 0. The van der Waals surface area contributed by atoms with Crippen molar-refractivity contribution in [1.29, 1.82) is 0 Å². The van der Waals surface area contributed by atoms with Crippen molar-refractivity contribution >= 4 is 11.9 Å². The molecular formula is C16H33NS. The van der Waals surface area contributed by atoms with Gasteiger partial charge in [-0.15, -0.1) is 0 Å². The van der Waals surface area contributed by atoms with Crippen molar-refractivity contribution < 1.29 is 0 Å². The number of hydrogen-bond donors (Lipinski definition) is 1. The molecule has 0 amide bonds. The smallest absolute Gasteiger partial charge is 0.0772 e. The third-order valence-electron chi connectivity index (χ3n) is 3.85. The largest absolute Gasteiger partial charge is 0.249 e. The van der Waals surface area contributed by atoms with Crippen LogP contribution in [0.3, 0.4) is 0 Å². The Morgan fingerprint density at radius 3 is 1.44 bits per heavy atom. The fourth-order valence-corrected chi connectivity index (χ4v) is 3.01. The van der Waals surface area contributed by atoms with Gasteiger partial charge < -0.3 is 0 Å². The lowest BCUT2D eigenvalue weighted by molar-refractivity contribution is 0.536. The van der Waals surface area contributed by atoms with E-state index in [1.807, 2.05) is 11.9 Å². The van der Waals surface area contributed by atoms with Gasteiger partial charge in [0.15, 0.2) is 0 Å². The summed E-state index contributed by atoms with van der Waals surface area (Å²) >= 11 is 1.90. The topological polar surface area (TPSA) is 21.9 Å². The van der Waals surface area contributed by atoms with E-state index in [0.29, 0.717) is 0 Å². The second-order valence-corrected chi connectivity index (χ2v) is 6.80. The van der Waals surface area contributed by atoms with Gasteiger partial charge in [0.1, 0.15) is 0 Å². The van der Waals surface area contributed by atoms with Crippen molar-refractivity contribution in [3.63, 3.8) is 0 Å². The summed E-state index contributed by atoms with van der Waals surface area (Å²) in [6.07, 6.45) is 20.4. The van der Waals surface area contributed by atoms with Gasteiger partial charge in [0.05, 0.1) is 5.37 Å². The molecule has 0 spiro atoms. The fraction of sp³-hybridized carbons (Fsp3) is 1.00. The highest BCUT2D eigenvalue weighted by molar-refractivity contribution is 8.04. The lowest BCUT2D eigenvalue weighted by Gasteiger charge is -2.02. The number of hydrogen-bond acceptors (Lipinski definition) is 2. The molecule has 0 aromatic carbocycles. The first-order valence-electron chi connectivity index (χ1n) is 8.34. The highest BCUT2D eigenvalue weighted by Crippen LogP contribution is 2.26. The molecule has 0 bridgehead atoms. The van der Waals surface area contributed by atoms with Crippen LogP contribution in [0.2, 0.25) is 0 Å². The van der Waals surface area contributed by atoms with Crippen molar-refractivity contribution in [2.45, 2.75) is 102 Å². The van der Waals surface area contributed by atoms with Gasteiger partial charge >= 0.3 is 0 Å². The molecule has 108 valence electrons. The van der Waals surface area contributed by atoms with Crippen molar-refractivity contribution in [2.24, 2.45) is 0 Å². The van der Waals surface area contributed by atoms with Crippen LogP contribution in [-0.4, -0.2) is 5.37 Å². The minimum atomic E-state index is 0.817. The van der Waals surface area contributed by atoms with Gasteiger partial charge in [0, 0.05) is 0 Å². The molecule has 0 saturated carbocycles. The summed E-state index contributed by atoms with van der Waals surface area (Å²) in [6.45, 7) is 2.29. The van der Waals surface area contributed by atoms with Crippen LogP contribution >= 0.6 is 11.9 Å². The van der Waals surface area contributed by atoms with Gasteiger partial charge in [-0.25, -0.2) is 4.72 Å². The van der Waals surface area contributed by atoms with Crippen LogP contribution in [0, 0.1) is 0 Å². The van der Waals surface area contributed by atoms with Crippen molar-refractivity contribution in [3.05, 3.63) is 0 Å². The molecule has 0 unspecified atom stereocenters. The van der Waals surface area contributed by atoms with Crippen LogP contribution in [0.4, 0.5) is 0 Å². The molecule has 1 atom stereocenters. The first-order valence-corrected chi connectivity index (χ1v) is 9.22. The number of unbranched alkanes of at least 4 members (excludes halogenated alkanes) is 12. The maximum Gasteiger partial charge on any atom is 0.0772 e. The zero-order valence-electron chi connectivity index (χ0n) is 12.4. The Balaban J connectivity index is 1.60. The molecular weight excluding hydrogens is 238 g/mol. The lowest BCUT2D eigenvalue weighted by atomic mass is 10.0. The van der Waals surface area contributed by atoms with Crippen molar-refractivity contribution in [1.82, 2.24) is 4.72 Å². The van der Waals surface area contributed by atoms with Gasteiger partial charge in [-0.05, 0) is 6.42 Å². The highest BCUT2D eigenvalue weighted by Gasteiger charge is 2.19. The van der Waals surface area contributed by atoms with E-state index in [0.717, 1.165) is 5.37 Å². The van der Waals surface area contributed by atoms with Crippen LogP contribution in [0.1, 0.15) is 96.8 Å². The van der Waals surface area contributed by atoms with Crippen LogP contribution in [-0.2, 0) is 0 Å². The van der Waals surface area contributed by atoms with Gasteiger partial charge in [-0.3, -0.25) is 0 Å². The van der Waals surface area contributed by atoms with Gasteiger partial charge in [-0.1, -0.05) is 102 Å². The van der Waals surface area contributed by atoms with Gasteiger partial charge in [0.2, 0.25) is 0 Å². The summed E-state index contributed by atoms with van der Waals surface area (Å²) < 4.78 is 3.29. The van der Waals surface area contributed by atoms with E-state index in [4.69, 9.17) is 0 Å². The number of nitrogens with one attached hydrogen (secondary N) is 1. The van der Waals surface area contributed by atoms with E-state index >= 15 is 0 Å². The monoisotopic (exact) mass is 271 g/mol. The Morgan fingerprint density at radius 1 is 0.667 bits per heavy atom. The number of rotatable bonds is 14. The average Bonchev–Trinajstić information content (AvgIpc) is 3.19. The summed E-state index contributed by atoms with van der Waals surface area (Å²) in [5.74, 6) is 0. The quantitative estimate of drug-likeness (QED) is 0.236. The normalized spacial score (nSPS) is 18.2. The molecule has 1 saturated heterocycles. The summed E-state index contributed by atoms with van der Waals surface area (Å²) in [5, 5.41) is 0.817. The maximum atomic E-state index is 3.29. The second kappa shape index (κ2) is 12.3. The standard InChI is InChI=1S/C16H33NS/c1-2-3-4-5-6-7-8-9-10-11-12-13-14-15-16-17-18-16/h16-17H,2-15H2,1H3/t16-/m0/s1. The van der Waals surface area contributed by atoms with E-state index in [1.54, 1.807) is 0 Å². The van der Waals surface area contributed by atoms with Gasteiger partial charge in [0.25, 0.3) is 0 Å². The molecule has 1 aliphatic rings. The molecule has 18 heavy (non-hydrogen) atoms. The Hall–Kier alpha value is 0.310. The molecule has 1 rings (SSSR count). The third kappa shape index (κ3) is 11.4. The molecule has 1 nitrogen and oxygen atoms in total. The first-order chi connectivity index (χ1) is 8.93. The molecule has 1 aliphatic heterocycles. The van der Waals surface area contributed by atoms with Crippen LogP contribution in [0.25, 0.3) is 0 Å². The molecule has 0 aromatic heterocycles. The minimum absolute atomic E-state index is 0.817. The Morgan fingerprint density at radius 2 is 1.06 bits per heavy atom. The third-order valence-corrected chi connectivity index (χ3v) is 4.66. The zero-order valence-corrected chi connectivity index (χ0v) is 13.2. The molecule has 1 N–H and O–H groups in total. The average molecular weight is 272 g/mol. The summed E-state index contributed by atoms with van der Waals surface area (Å²) in [7, 11) is 0. The van der Waals surface area contributed by atoms with Gasteiger partial charge in [-0.2, -0.15) is 0 Å². The molecule has 1 fully saturated rings. The molecule has 1 heterocycles. The maximum absolute atomic E-state index is 3.29. The van der Waals surface area contributed by atoms with Crippen LogP contribution in [0.15, 0.2) is 0 Å². The van der Waals surface area contributed by atoms with Crippen LogP contribution in [0.5, 0.6) is 0 Å². The predicted octanol–water partition coefficient (Wildman–Crippen LogP) is 6.05. The SMILES string of the molecule is CCCCCCCCCCCCCCC[C@H]1NS1. The zero-order chi connectivity index (χ0) is 12.9. The Labute approximate surface area is 119 Å². The van der Waals surface area contributed by atoms with E-state index < -0.39 is 0 Å². The van der Waals surface area contributed by atoms with Crippen LogP contribution < -0.4 is 4.72 Å². The second-order valence-electron chi connectivity index (χ2n) is 5.76. The highest BCUT2D eigenvalue weighted by atomic mass is 32.2.